The Morgan fingerprint density at radius 2 is 1.67 bits per heavy atom. The fourth-order valence-electron chi connectivity index (χ4n) is 3.52. The minimum atomic E-state index is 0. The molecule has 8 heteroatoms. The summed E-state index contributed by atoms with van der Waals surface area (Å²) in [6, 6.07) is 13.4. The van der Waals surface area contributed by atoms with Crippen LogP contribution in [-0.2, 0) is 0 Å². The van der Waals surface area contributed by atoms with Crippen LogP contribution in [0.25, 0.3) is 23.1 Å². The maximum absolute atomic E-state index is 9.91. The maximum Gasteiger partial charge on any atom is 0.154 e. The van der Waals surface area contributed by atoms with Gasteiger partial charge in [0.05, 0.1) is 5.52 Å². The summed E-state index contributed by atoms with van der Waals surface area (Å²) in [5, 5.41) is 15.0. The molecule has 5 nitrogen and oxygen atoms in total. The van der Waals surface area contributed by atoms with Crippen molar-refractivity contribution in [1.29, 1.82) is 0 Å². The van der Waals surface area contributed by atoms with Crippen molar-refractivity contribution >= 4 is 65.3 Å². The van der Waals surface area contributed by atoms with E-state index < -0.39 is 0 Å². The normalized spacial score (nSPS) is 18.6. The average Bonchev–Trinajstić information content (AvgIpc) is 2.70. The average molecular weight is 468 g/mol. The number of phenolic OH excluding ortho intramolecular Hbond substituents is 1. The first-order valence-electron chi connectivity index (χ1n) is 9.53. The van der Waals surface area contributed by atoms with Crippen LogP contribution in [0.3, 0.4) is 0 Å². The number of nitrogens with zero attached hydrogens (tertiary/aromatic N) is 2. The van der Waals surface area contributed by atoms with E-state index in [0.29, 0.717) is 22.9 Å². The molecule has 1 saturated carbocycles. The topological polar surface area (TPSA) is 84.1 Å². The van der Waals surface area contributed by atoms with Crippen LogP contribution in [0, 0.1) is 0 Å². The standard InChI is InChI=1S/C22H23ClN4O.2ClH/c23-15-4-1-14(2-5-15)3-12-21-26-20-11-10-18(28)13-19(20)22(27-21)25-17-8-6-16(24)7-9-17;;/h1-5,10-13,16-17,28H,6-9,24H2,(H,25,26,27);2*1H/b12-3-;;. The van der Waals surface area contributed by atoms with Crippen LogP contribution < -0.4 is 11.1 Å². The van der Waals surface area contributed by atoms with Crippen LogP contribution in [0.2, 0.25) is 5.02 Å². The molecule has 0 aliphatic heterocycles. The first kappa shape index (κ1) is 24.2. The number of hydrogen-bond acceptors (Lipinski definition) is 5. The molecule has 1 heterocycles. The van der Waals surface area contributed by atoms with E-state index in [2.05, 4.69) is 10.3 Å². The molecule has 0 spiro atoms. The van der Waals surface area contributed by atoms with Crippen LogP contribution in [-0.4, -0.2) is 27.2 Å². The Bertz CT molecular complexity index is 1000. The highest BCUT2D eigenvalue weighted by atomic mass is 35.5. The first-order chi connectivity index (χ1) is 13.6. The number of aromatic hydroxyl groups is 1. The molecule has 3 aromatic rings. The number of hydrogen-bond donors (Lipinski definition) is 3. The minimum absolute atomic E-state index is 0. The molecule has 4 N–H and O–H groups in total. The zero-order chi connectivity index (χ0) is 19.5. The molecule has 2 aromatic carbocycles. The van der Waals surface area contributed by atoms with Crippen molar-refractivity contribution in [3.63, 3.8) is 0 Å². The van der Waals surface area contributed by atoms with Gasteiger partial charge in [0.2, 0.25) is 0 Å². The van der Waals surface area contributed by atoms with Crippen LogP contribution in [0.1, 0.15) is 37.1 Å². The van der Waals surface area contributed by atoms with Crippen molar-refractivity contribution in [1.82, 2.24) is 9.97 Å². The number of aromatic nitrogens is 2. The van der Waals surface area contributed by atoms with E-state index in [0.717, 1.165) is 48.0 Å². The lowest BCUT2D eigenvalue weighted by Gasteiger charge is -2.27. The summed E-state index contributed by atoms with van der Waals surface area (Å²) in [6.07, 6.45) is 7.90. The summed E-state index contributed by atoms with van der Waals surface area (Å²) < 4.78 is 0. The van der Waals surface area contributed by atoms with Gasteiger partial charge < -0.3 is 16.2 Å². The molecule has 0 unspecified atom stereocenters. The van der Waals surface area contributed by atoms with Gasteiger partial charge in [0, 0.05) is 22.5 Å². The van der Waals surface area contributed by atoms with Crippen LogP contribution in [0.5, 0.6) is 5.75 Å². The third-order valence-corrected chi connectivity index (χ3v) is 5.36. The smallest absolute Gasteiger partial charge is 0.154 e. The highest BCUT2D eigenvalue weighted by Crippen LogP contribution is 2.28. The SMILES string of the molecule is Cl.Cl.NC1CCC(Nc2nc(/C=C\c3ccc(Cl)cc3)nc3ccc(O)cc23)CC1. The van der Waals surface area contributed by atoms with Gasteiger partial charge >= 0.3 is 0 Å². The van der Waals surface area contributed by atoms with Crippen LogP contribution in [0.15, 0.2) is 42.5 Å². The number of benzene rings is 2. The van der Waals surface area contributed by atoms with Gasteiger partial charge in [-0.05, 0) is 67.7 Å². The third kappa shape index (κ3) is 5.99. The Hall–Kier alpha value is -2.05. The molecule has 0 atom stereocenters. The van der Waals surface area contributed by atoms with Gasteiger partial charge in [-0.25, -0.2) is 9.97 Å². The molecule has 1 aliphatic carbocycles. The van der Waals surface area contributed by atoms with Gasteiger partial charge in [-0.3, -0.25) is 0 Å². The Balaban J connectivity index is 0.00000160. The minimum Gasteiger partial charge on any atom is -0.508 e. The summed E-state index contributed by atoms with van der Waals surface area (Å²) in [5.41, 5.74) is 7.84. The molecular weight excluding hydrogens is 443 g/mol. The van der Waals surface area contributed by atoms with E-state index in [-0.39, 0.29) is 30.6 Å². The molecule has 1 fully saturated rings. The molecular formula is C22H25Cl3N4O. The van der Waals surface area contributed by atoms with E-state index in [9.17, 15) is 5.11 Å². The number of anilines is 1. The van der Waals surface area contributed by atoms with Crippen molar-refractivity contribution in [2.75, 3.05) is 5.32 Å². The summed E-state index contributed by atoms with van der Waals surface area (Å²) >= 11 is 5.94. The number of halogens is 3. The van der Waals surface area contributed by atoms with Crippen LogP contribution >= 0.6 is 36.4 Å². The van der Waals surface area contributed by atoms with E-state index >= 15 is 0 Å². The Labute approximate surface area is 193 Å². The zero-order valence-corrected chi connectivity index (χ0v) is 18.7. The summed E-state index contributed by atoms with van der Waals surface area (Å²) in [7, 11) is 0. The van der Waals surface area contributed by atoms with Gasteiger partial charge in [-0.2, -0.15) is 0 Å². The predicted octanol–water partition coefficient (Wildman–Crippen LogP) is 5.68. The second kappa shape index (κ2) is 10.8. The highest BCUT2D eigenvalue weighted by Gasteiger charge is 2.20. The van der Waals surface area contributed by atoms with Crippen molar-refractivity contribution < 1.29 is 5.11 Å². The Morgan fingerprint density at radius 1 is 0.967 bits per heavy atom. The second-order valence-electron chi connectivity index (χ2n) is 7.27. The Kier molecular flexibility index (Phi) is 8.74. The lowest BCUT2D eigenvalue weighted by molar-refractivity contribution is 0.410. The third-order valence-electron chi connectivity index (χ3n) is 5.10. The number of nitrogens with two attached hydrogens (primary N) is 1. The van der Waals surface area contributed by atoms with E-state index in [4.69, 9.17) is 22.3 Å². The predicted molar refractivity (Wildman–Crippen MR) is 130 cm³/mol. The van der Waals surface area contributed by atoms with Crippen molar-refractivity contribution in [3.05, 3.63) is 58.9 Å². The molecule has 0 bridgehead atoms. The van der Waals surface area contributed by atoms with Crippen molar-refractivity contribution in [2.45, 2.75) is 37.8 Å². The molecule has 0 amide bonds. The van der Waals surface area contributed by atoms with Gasteiger partial charge in [-0.1, -0.05) is 29.8 Å². The van der Waals surface area contributed by atoms with E-state index in [1.54, 1.807) is 12.1 Å². The van der Waals surface area contributed by atoms with E-state index in [1.165, 1.54) is 0 Å². The fourth-order valence-corrected chi connectivity index (χ4v) is 3.65. The highest BCUT2D eigenvalue weighted by molar-refractivity contribution is 6.30. The molecule has 0 radical (unpaired) electrons. The van der Waals surface area contributed by atoms with E-state index in [1.807, 2.05) is 42.5 Å². The number of fused-ring (bicyclic) bond motifs is 1. The fraction of sp³-hybridized carbons (Fsp3) is 0.273. The van der Waals surface area contributed by atoms with Gasteiger partial charge in [0.25, 0.3) is 0 Å². The quantitative estimate of drug-likeness (QED) is 0.459. The second-order valence-corrected chi connectivity index (χ2v) is 7.71. The number of phenols is 1. The molecule has 1 aromatic heterocycles. The zero-order valence-electron chi connectivity index (χ0n) is 16.3. The lowest BCUT2D eigenvalue weighted by Crippen LogP contribution is -2.33. The monoisotopic (exact) mass is 466 g/mol. The van der Waals surface area contributed by atoms with Gasteiger partial charge in [0.1, 0.15) is 11.6 Å². The maximum atomic E-state index is 9.91. The summed E-state index contributed by atoms with van der Waals surface area (Å²) in [6.45, 7) is 0. The molecule has 160 valence electrons. The number of nitrogens with one attached hydrogen (secondary N) is 1. The largest absolute Gasteiger partial charge is 0.508 e. The van der Waals surface area contributed by atoms with Crippen molar-refractivity contribution in [3.8, 4) is 5.75 Å². The first-order valence-corrected chi connectivity index (χ1v) is 9.91. The number of rotatable bonds is 4. The Morgan fingerprint density at radius 3 is 2.37 bits per heavy atom. The van der Waals surface area contributed by atoms with Gasteiger partial charge in [0.15, 0.2) is 5.82 Å². The molecule has 30 heavy (non-hydrogen) atoms. The summed E-state index contributed by atoms with van der Waals surface area (Å²) in [5.74, 6) is 1.56. The summed E-state index contributed by atoms with van der Waals surface area (Å²) in [4.78, 5) is 9.33. The van der Waals surface area contributed by atoms with Crippen LogP contribution in [0.4, 0.5) is 5.82 Å². The molecule has 1 aliphatic rings. The lowest BCUT2D eigenvalue weighted by atomic mass is 9.92. The molecule has 4 rings (SSSR count). The molecule has 0 saturated heterocycles. The van der Waals surface area contributed by atoms with Gasteiger partial charge in [-0.15, -0.1) is 24.8 Å². The van der Waals surface area contributed by atoms with Crippen molar-refractivity contribution in [2.24, 2.45) is 5.73 Å².